The number of carbonyl (C=O) groups is 4. The molecular formula is C83H146O17P2. The van der Waals surface area contributed by atoms with Crippen LogP contribution in [0, 0.1) is 0 Å². The lowest BCUT2D eigenvalue weighted by molar-refractivity contribution is -0.161. The zero-order chi connectivity index (χ0) is 74.6. The first-order valence-corrected chi connectivity index (χ1v) is 43.5. The second kappa shape index (κ2) is 75.2. The summed E-state index contributed by atoms with van der Waals surface area (Å²) >= 11 is 0. The van der Waals surface area contributed by atoms with Crippen molar-refractivity contribution in [3.63, 3.8) is 0 Å². The van der Waals surface area contributed by atoms with Crippen molar-refractivity contribution < 1.29 is 80.2 Å². The van der Waals surface area contributed by atoms with Crippen molar-refractivity contribution in [1.29, 1.82) is 0 Å². The largest absolute Gasteiger partial charge is 0.472 e. The summed E-state index contributed by atoms with van der Waals surface area (Å²) in [6.45, 7) is 4.64. The molecule has 0 aliphatic carbocycles. The predicted molar refractivity (Wildman–Crippen MR) is 418 cm³/mol. The number of phosphoric ester groups is 2. The monoisotopic (exact) mass is 1480 g/mol. The van der Waals surface area contributed by atoms with Gasteiger partial charge in [0.25, 0.3) is 0 Å². The Labute approximate surface area is 620 Å². The van der Waals surface area contributed by atoms with Crippen LogP contribution in [0.4, 0.5) is 0 Å². The molecule has 0 rings (SSSR count). The average molecular weight is 1480 g/mol. The maximum Gasteiger partial charge on any atom is 0.472 e. The molecule has 590 valence electrons. The summed E-state index contributed by atoms with van der Waals surface area (Å²) in [5, 5.41) is 10.6. The number of hydrogen-bond donors (Lipinski definition) is 3. The van der Waals surface area contributed by atoms with Gasteiger partial charge in [0.15, 0.2) is 12.2 Å². The molecule has 0 spiro atoms. The molecule has 0 radical (unpaired) electrons. The molecule has 102 heavy (non-hydrogen) atoms. The molecule has 0 amide bonds. The van der Waals surface area contributed by atoms with E-state index >= 15 is 0 Å². The van der Waals surface area contributed by atoms with Crippen LogP contribution in [0.5, 0.6) is 0 Å². The standard InChI is InChI=1S/C83H146O17P2/c1-5-9-13-17-21-25-29-33-36-38-41-45-48-52-56-60-64-68-81(86)94-74-79(100-83(88)70-66-62-58-54-50-46-42-39-37-34-30-26-22-18-14-10-6-2)76-98-102(91,92)96-72-77(84)71-95-101(89,90)97-75-78(99-82(87)69-65-61-57-53-49-43-32-28-24-20-16-12-8-4)73-93-80(85)67-63-59-55-51-47-44-40-35-31-27-23-19-15-11-7-3/h9-10,13-14,21-23,25-27,33-37,40,77-79,84H,5-8,11-12,15-20,24,28-32,38-39,41-76H2,1-4H3,(H,89,90)(H,91,92)/b13-9-,14-10-,25-21-,26-22-,27-23-,36-33-,37-34-,40-35-. The third-order valence-corrected chi connectivity index (χ3v) is 18.9. The van der Waals surface area contributed by atoms with Crippen LogP contribution in [-0.4, -0.2) is 96.7 Å². The quantitative estimate of drug-likeness (QED) is 0.0169. The summed E-state index contributed by atoms with van der Waals surface area (Å²) < 4.78 is 68.7. The second-order valence-corrected chi connectivity index (χ2v) is 29.9. The van der Waals surface area contributed by atoms with Gasteiger partial charge in [-0.2, -0.15) is 0 Å². The van der Waals surface area contributed by atoms with Gasteiger partial charge in [0.1, 0.15) is 19.3 Å². The molecule has 0 aromatic heterocycles. The number of phosphoric acid groups is 2. The van der Waals surface area contributed by atoms with Crippen LogP contribution in [0.1, 0.15) is 349 Å². The zero-order valence-corrected chi connectivity index (χ0v) is 66.3. The normalized spacial score (nSPS) is 14.4. The molecule has 0 saturated heterocycles. The Kier molecular flexibility index (Phi) is 72.3. The van der Waals surface area contributed by atoms with E-state index in [2.05, 4.69) is 125 Å². The first-order valence-electron chi connectivity index (χ1n) is 40.5. The Hall–Kier alpha value is -4.02. The molecule has 0 bridgehead atoms. The highest BCUT2D eigenvalue weighted by molar-refractivity contribution is 7.47. The summed E-state index contributed by atoms with van der Waals surface area (Å²) in [6, 6.07) is 0. The van der Waals surface area contributed by atoms with Crippen molar-refractivity contribution in [2.45, 2.75) is 367 Å². The van der Waals surface area contributed by atoms with Gasteiger partial charge >= 0.3 is 39.5 Å². The molecule has 19 heteroatoms. The van der Waals surface area contributed by atoms with Gasteiger partial charge in [-0.05, 0) is 122 Å². The SMILES string of the molecule is CC/C=C\C/C=C\C/C=C\CCCCCCCCCC(=O)OCC(COP(=O)(O)OCC(O)COP(=O)(O)OCC(COC(=O)CCCCCCC/C=C\C/C=C\CCCCC)OC(=O)CCCCCCCCCCCCCCC)OC(=O)CCCCCCCCC/C=C\C/C=C\C/C=C\CC. The average Bonchev–Trinajstić information content (AvgIpc) is 0.959. The fourth-order valence-electron chi connectivity index (χ4n) is 10.9. The van der Waals surface area contributed by atoms with Gasteiger partial charge in [0, 0.05) is 25.7 Å². The lowest BCUT2D eigenvalue weighted by atomic mass is 10.0. The van der Waals surface area contributed by atoms with E-state index in [-0.39, 0.29) is 25.7 Å². The van der Waals surface area contributed by atoms with E-state index in [0.717, 1.165) is 199 Å². The minimum atomic E-state index is -4.98. The predicted octanol–water partition coefficient (Wildman–Crippen LogP) is 23.6. The summed E-state index contributed by atoms with van der Waals surface area (Å²) in [6.07, 6.45) is 79.4. The Morgan fingerprint density at radius 2 is 0.510 bits per heavy atom. The van der Waals surface area contributed by atoms with Crippen molar-refractivity contribution in [2.75, 3.05) is 39.6 Å². The van der Waals surface area contributed by atoms with E-state index in [1.807, 2.05) is 0 Å². The van der Waals surface area contributed by atoms with Crippen molar-refractivity contribution in [3.8, 4) is 0 Å². The van der Waals surface area contributed by atoms with Gasteiger partial charge in [0.05, 0.1) is 26.4 Å². The molecule has 0 aliphatic rings. The molecule has 3 N–H and O–H groups in total. The number of esters is 4. The number of aliphatic hydroxyl groups excluding tert-OH is 1. The van der Waals surface area contributed by atoms with Gasteiger partial charge in [-0.15, -0.1) is 0 Å². The van der Waals surface area contributed by atoms with Crippen LogP contribution in [0.2, 0.25) is 0 Å². The van der Waals surface area contributed by atoms with Crippen LogP contribution >= 0.6 is 15.6 Å². The Bertz CT molecular complexity index is 2310. The molecular weight excluding hydrogens is 1330 g/mol. The summed E-state index contributed by atoms with van der Waals surface area (Å²) in [5.41, 5.74) is 0. The molecule has 0 aromatic rings. The smallest absolute Gasteiger partial charge is 0.462 e. The highest BCUT2D eigenvalue weighted by Crippen LogP contribution is 2.45. The highest BCUT2D eigenvalue weighted by Gasteiger charge is 2.30. The van der Waals surface area contributed by atoms with Crippen molar-refractivity contribution in [1.82, 2.24) is 0 Å². The Morgan fingerprint density at radius 3 is 0.804 bits per heavy atom. The second-order valence-electron chi connectivity index (χ2n) is 27.0. The topological polar surface area (TPSA) is 237 Å². The highest BCUT2D eigenvalue weighted by atomic mass is 31.2. The van der Waals surface area contributed by atoms with Gasteiger partial charge in [-0.25, -0.2) is 9.13 Å². The van der Waals surface area contributed by atoms with E-state index < -0.39 is 97.5 Å². The molecule has 0 fully saturated rings. The van der Waals surface area contributed by atoms with Crippen LogP contribution < -0.4 is 0 Å². The molecule has 0 heterocycles. The van der Waals surface area contributed by atoms with E-state index in [1.165, 1.54) is 70.6 Å². The first kappa shape index (κ1) is 98.0. The molecule has 0 aromatic carbocycles. The molecule has 0 aliphatic heterocycles. The summed E-state index contributed by atoms with van der Waals surface area (Å²) in [4.78, 5) is 73.0. The first-order chi connectivity index (χ1) is 49.7. The number of unbranched alkanes of at least 4 members (excludes halogenated alkanes) is 34. The van der Waals surface area contributed by atoms with Gasteiger partial charge in [-0.1, -0.05) is 298 Å². The van der Waals surface area contributed by atoms with Crippen molar-refractivity contribution >= 4 is 39.5 Å². The molecule has 0 saturated carbocycles. The zero-order valence-electron chi connectivity index (χ0n) is 64.5. The van der Waals surface area contributed by atoms with E-state index in [9.17, 15) is 43.2 Å². The minimum absolute atomic E-state index is 0.0815. The summed E-state index contributed by atoms with van der Waals surface area (Å²) in [7, 11) is -9.96. The number of allylic oxidation sites excluding steroid dienone is 16. The molecule has 5 unspecified atom stereocenters. The van der Waals surface area contributed by atoms with Crippen LogP contribution in [0.15, 0.2) is 97.2 Å². The molecule has 5 atom stereocenters. The third kappa shape index (κ3) is 74.3. The van der Waals surface area contributed by atoms with Crippen LogP contribution in [0.3, 0.4) is 0 Å². The molecule has 17 nitrogen and oxygen atoms in total. The van der Waals surface area contributed by atoms with Gasteiger partial charge < -0.3 is 33.8 Å². The van der Waals surface area contributed by atoms with Gasteiger partial charge in [-0.3, -0.25) is 37.3 Å². The van der Waals surface area contributed by atoms with E-state index in [4.69, 9.17) is 37.0 Å². The van der Waals surface area contributed by atoms with E-state index in [0.29, 0.717) is 25.7 Å². The lowest BCUT2D eigenvalue weighted by Crippen LogP contribution is -2.30. The number of rotatable bonds is 76. The van der Waals surface area contributed by atoms with Crippen LogP contribution in [0.25, 0.3) is 0 Å². The maximum atomic E-state index is 13.1. The fourth-order valence-corrected chi connectivity index (χ4v) is 12.5. The van der Waals surface area contributed by atoms with E-state index in [1.54, 1.807) is 0 Å². The number of aliphatic hydroxyl groups is 1. The summed E-state index contributed by atoms with van der Waals surface area (Å²) in [5.74, 6) is -2.19. The van der Waals surface area contributed by atoms with Crippen molar-refractivity contribution in [3.05, 3.63) is 97.2 Å². The fraction of sp³-hybridized carbons (Fsp3) is 0.759. The lowest BCUT2D eigenvalue weighted by Gasteiger charge is -2.21. The minimum Gasteiger partial charge on any atom is -0.462 e. The van der Waals surface area contributed by atoms with Crippen LogP contribution in [-0.2, 0) is 65.4 Å². The Balaban J connectivity index is 5.36. The van der Waals surface area contributed by atoms with Crippen molar-refractivity contribution in [2.24, 2.45) is 0 Å². The maximum absolute atomic E-state index is 13.1. The van der Waals surface area contributed by atoms with Gasteiger partial charge in [0.2, 0.25) is 0 Å². The number of ether oxygens (including phenoxy) is 4. The third-order valence-electron chi connectivity index (χ3n) is 17.0. The Morgan fingerprint density at radius 1 is 0.284 bits per heavy atom. The number of hydrogen-bond acceptors (Lipinski definition) is 15. The number of carbonyl (C=O) groups excluding carboxylic acids is 4.